The highest BCUT2D eigenvalue weighted by atomic mass is 32.1. The second-order valence-corrected chi connectivity index (χ2v) is 7.80. The zero-order valence-electron chi connectivity index (χ0n) is 15.5. The van der Waals surface area contributed by atoms with Crippen LogP contribution in [0.25, 0.3) is 10.4 Å². The van der Waals surface area contributed by atoms with E-state index in [-0.39, 0.29) is 11.9 Å². The number of carbonyl (C=O) groups excluding carboxylic acids is 2. The van der Waals surface area contributed by atoms with Crippen LogP contribution in [0, 0.1) is 11.3 Å². The molecule has 0 aliphatic carbocycles. The molecule has 2 heterocycles. The molecule has 0 radical (unpaired) electrons. The van der Waals surface area contributed by atoms with E-state index in [0.29, 0.717) is 17.0 Å². The summed E-state index contributed by atoms with van der Waals surface area (Å²) in [6.45, 7) is 1.70. The first-order valence-corrected chi connectivity index (χ1v) is 10.1. The number of nitriles is 1. The third-order valence-electron chi connectivity index (χ3n) is 4.60. The van der Waals surface area contributed by atoms with Gasteiger partial charge < -0.3 is 21.7 Å². The van der Waals surface area contributed by atoms with E-state index in [4.69, 9.17) is 11.0 Å². The van der Waals surface area contributed by atoms with Crippen LogP contribution in [-0.2, 0) is 6.42 Å². The summed E-state index contributed by atoms with van der Waals surface area (Å²) in [5, 5.41) is 17.7. The van der Waals surface area contributed by atoms with Crippen LogP contribution >= 0.6 is 11.3 Å². The molecule has 146 valence electrons. The van der Waals surface area contributed by atoms with E-state index >= 15 is 0 Å². The fraction of sp³-hybridized carbons (Fsp3) is 0.350. The predicted molar refractivity (Wildman–Crippen MR) is 110 cm³/mol. The summed E-state index contributed by atoms with van der Waals surface area (Å²) in [6.07, 6.45) is 3.44. The van der Waals surface area contributed by atoms with E-state index < -0.39 is 6.03 Å². The Morgan fingerprint density at radius 3 is 2.79 bits per heavy atom. The molecule has 1 aromatic heterocycles. The molecule has 3 amide bonds. The van der Waals surface area contributed by atoms with Gasteiger partial charge in [0.1, 0.15) is 4.88 Å². The van der Waals surface area contributed by atoms with Gasteiger partial charge in [-0.2, -0.15) is 5.26 Å². The number of nitrogens with two attached hydrogens (primary N) is 1. The van der Waals surface area contributed by atoms with E-state index in [0.717, 1.165) is 48.4 Å². The maximum atomic E-state index is 12.9. The van der Waals surface area contributed by atoms with Gasteiger partial charge in [-0.05, 0) is 36.6 Å². The van der Waals surface area contributed by atoms with Crippen molar-refractivity contribution in [3.63, 3.8) is 0 Å². The highest BCUT2D eigenvalue weighted by Gasteiger charge is 2.21. The smallest absolute Gasteiger partial charge is 0.316 e. The first kappa shape index (κ1) is 19.9. The van der Waals surface area contributed by atoms with E-state index in [1.807, 2.05) is 24.3 Å². The van der Waals surface area contributed by atoms with Crippen molar-refractivity contribution in [2.45, 2.75) is 31.7 Å². The second-order valence-electron chi connectivity index (χ2n) is 6.74. The van der Waals surface area contributed by atoms with Gasteiger partial charge in [-0.1, -0.05) is 30.7 Å². The molecule has 7 nitrogen and oxygen atoms in total. The number of amides is 3. The molecule has 2 aromatic rings. The molecule has 8 heteroatoms. The number of hydrogen-bond donors (Lipinski definition) is 4. The van der Waals surface area contributed by atoms with Gasteiger partial charge in [0.2, 0.25) is 0 Å². The van der Waals surface area contributed by atoms with Gasteiger partial charge in [0.25, 0.3) is 5.91 Å². The minimum absolute atomic E-state index is 0.0623. The first-order valence-electron chi connectivity index (χ1n) is 9.25. The molecule has 0 unspecified atom stereocenters. The van der Waals surface area contributed by atoms with E-state index in [9.17, 15) is 9.59 Å². The monoisotopic (exact) mass is 397 g/mol. The number of anilines is 1. The number of thiophene rings is 1. The number of carbonyl (C=O) groups is 2. The standard InChI is InChI=1S/C20H23N5O2S/c21-9-8-13-4-6-14(7-5-13)17-11-16(25-20(22)27)18(28-17)19(26)24-15-3-1-2-10-23-12-15/h4-7,11,15,23H,1-3,8,10,12H2,(H,24,26)(H3,22,25,27)/t15-/m0/s1. The first-order chi connectivity index (χ1) is 13.6. The predicted octanol–water partition coefficient (Wildman–Crippen LogP) is 2.84. The molecular weight excluding hydrogens is 374 g/mol. The van der Waals surface area contributed by atoms with Crippen molar-refractivity contribution in [3.05, 3.63) is 40.8 Å². The van der Waals surface area contributed by atoms with Gasteiger partial charge in [0.15, 0.2) is 0 Å². The third-order valence-corrected chi connectivity index (χ3v) is 5.78. The van der Waals surface area contributed by atoms with Crippen molar-refractivity contribution in [2.24, 2.45) is 5.73 Å². The van der Waals surface area contributed by atoms with E-state index in [2.05, 4.69) is 22.0 Å². The van der Waals surface area contributed by atoms with Crippen molar-refractivity contribution >= 4 is 29.0 Å². The zero-order chi connectivity index (χ0) is 19.9. The average Bonchev–Trinajstić information content (AvgIpc) is 2.90. The summed E-state index contributed by atoms with van der Waals surface area (Å²) in [4.78, 5) is 25.5. The van der Waals surface area contributed by atoms with Crippen LogP contribution in [0.1, 0.15) is 34.5 Å². The van der Waals surface area contributed by atoms with E-state index in [1.165, 1.54) is 11.3 Å². The highest BCUT2D eigenvalue weighted by molar-refractivity contribution is 7.18. The van der Waals surface area contributed by atoms with Crippen molar-refractivity contribution in [1.29, 1.82) is 5.26 Å². The van der Waals surface area contributed by atoms with Gasteiger partial charge >= 0.3 is 6.03 Å². The molecule has 1 aliphatic heterocycles. The van der Waals surface area contributed by atoms with Crippen LogP contribution in [0.4, 0.5) is 10.5 Å². The van der Waals surface area contributed by atoms with Crippen LogP contribution in [0.5, 0.6) is 0 Å². The molecule has 0 spiro atoms. The maximum absolute atomic E-state index is 12.9. The molecule has 5 N–H and O–H groups in total. The molecule has 28 heavy (non-hydrogen) atoms. The lowest BCUT2D eigenvalue weighted by molar-refractivity contribution is 0.0940. The average molecular weight is 398 g/mol. The molecule has 1 aromatic carbocycles. The third kappa shape index (κ3) is 5.09. The summed E-state index contributed by atoms with van der Waals surface area (Å²) < 4.78 is 0. The Hall–Kier alpha value is -2.89. The number of nitrogens with zero attached hydrogens (tertiary/aromatic N) is 1. The van der Waals surface area contributed by atoms with Gasteiger partial charge in [-0.25, -0.2) is 4.79 Å². The SMILES string of the molecule is N#CCc1ccc(-c2cc(NC(N)=O)c(C(=O)N[C@H]3CCCCNC3)s2)cc1. The fourth-order valence-electron chi connectivity index (χ4n) is 3.20. The Labute approximate surface area is 167 Å². The Balaban J connectivity index is 1.83. The van der Waals surface area contributed by atoms with E-state index in [1.54, 1.807) is 6.07 Å². The molecule has 3 rings (SSSR count). The summed E-state index contributed by atoms with van der Waals surface area (Å²) >= 11 is 1.31. The lowest BCUT2D eigenvalue weighted by Gasteiger charge is -2.16. The molecule has 1 fully saturated rings. The van der Waals surface area contributed by atoms with Crippen molar-refractivity contribution in [1.82, 2.24) is 10.6 Å². The minimum atomic E-state index is -0.709. The number of urea groups is 1. The maximum Gasteiger partial charge on any atom is 0.316 e. The number of primary amides is 1. The Morgan fingerprint density at radius 1 is 1.29 bits per heavy atom. The van der Waals surface area contributed by atoms with Crippen molar-refractivity contribution in [2.75, 3.05) is 18.4 Å². The molecule has 1 aliphatic rings. The number of rotatable bonds is 5. The largest absolute Gasteiger partial charge is 0.351 e. The summed E-state index contributed by atoms with van der Waals surface area (Å²) in [6, 6.07) is 10.8. The molecule has 0 bridgehead atoms. The summed E-state index contributed by atoms with van der Waals surface area (Å²) in [5.41, 5.74) is 7.53. The zero-order valence-corrected chi connectivity index (χ0v) is 16.3. The Kier molecular flexibility index (Phi) is 6.63. The number of hydrogen-bond acceptors (Lipinski definition) is 5. The van der Waals surface area contributed by atoms with Crippen LogP contribution in [0.15, 0.2) is 30.3 Å². The van der Waals surface area contributed by atoms with Crippen molar-refractivity contribution < 1.29 is 9.59 Å². The minimum Gasteiger partial charge on any atom is -0.351 e. The van der Waals surface area contributed by atoms with Crippen LogP contribution < -0.4 is 21.7 Å². The van der Waals surface area contributed by atoms with Crippen LogP contribution in [0.2, 0.25) is 0 Å². The Bertz CT molecular complexity index is 877. The van der Waals surface area contributed by atoms with Gasteiger partial charge in [-0.3, -0.25) is 4.79 Å². The van der Waals surface area contributed by atoms with Gasteiger partial charge in [0, 0.05) is 17.5 Å². The second kappa shape index (κ2) is 9.35. The van der Waals surface area contributed by atoms with Crippen LogP contribution in [-0.4, -0.2) is 31.1 Å². The molecular formula is C20H23N5O2S. The topological polar surface area (TPSA) is 120 Å². The van der Waals surface area contributed by atoms with Crippen molar-refractivity contribution in [3.8, 4) is 16.5 Å². The fourth-order valence-corrected chi connectivity index (χ4v) is 4.22. The number of nitrogens with one attached hydrogen (secondary N) is 3. The lowest BCUT2D eigenvalue weighted by Crippen LogP contribution is -2.40. The normalized spacial score (nSPS) is 16.6. The van der Waals surface area contributed by atoms with Gasteiger partial charge in [-0.15, -0.1) is 11.3 Å². The molecule has 1 atom stereocenters. The summed E-state index contributed by atoms with van der Waals surface area (Å²) in [7, 11) is 0. The molecule has 0 saturated carbocycles. The van der Waals surface area contributed by atoms with Gasteiger partial charge in [0.05, 0.1) is 18.2 Å². The molecule has 1 saturated heterocycles. The highest BCUT2D eigenvalue weighted by Crippen LogP contribution is 2.35. The quantitative estimate of drug-likeness (QED) is 0.620. The Morgan fingerprint density at radius 2 is 2.07 bits per heavy atom. The lowest BCUT2D eigenvalue weighted by atomic mass is 10.1. The van der Waals surface area contributed by atoms with Crippen LogP contribution in [0.3, 0.4) is 0 Å². The number of benzene rings is 1. The summed E-state index contributed by atoms with van der Waals surface area (Å²) in [5.74, 6) is -0.213.